The number of unbranched alkanes of at least 4 members (excludes halogenated alkanes) is 14. The molecule has 0 aliphatic rings. The molecule has 0 aromatic carbocycles. The van der Waals surface area contributed by atoms with Crippen molar-refractivity contribution < 1.29 is 4.74 Å². The molecule has 1 nitrogen and oxygen atoms in total. The third-order valence-electron chi connectivity index (χ3n) is 5.37. The average molecular weight is 405 g/mol. The van der Waals surface area contributed by atoms with Crippen molar-refractivity contribution in [3.8, 4) is 0 Å². The summed E-state index contributed by atoms with van der Waals surface area (Å²) >= 11 is 5.80. The fraction of sp³-hybridized carbons (Fsp3) is 1.00. The van der Waals surface area contributed by atoms with E-state index >= 15 is 0 Å². The van der Waals surface area contributed by atoms with E-state index in [2.05, 4.69) is 20.0 Å². The molecule has 3 heteroatoms. The number of ether oxygens (including phenoxy) is 1. The zero-order valence-corrected chi connectivity index (χ0v) is 20.2. The van der Waals surface area contributed by atoms with E-state index < -0.39 is 8.07 Å². The van der Waals surface area contributed by atoms with Gasteiger partial charge in [0.2, 0.25) is 0 Å². The Bertz CT molecular complexity index is 271. The Morgan fingerprint density at radius 3 is 1.46 bits per heavy atom. The molecule has 0 spiro atoms. The minimum atomic E-state index is -1.14. The first-order valence-corrected chi connectivity index (χ1v) is 15.7. The Morgan fingerprint density at radius 2 is 1.04 bits per heavy atom. The van der Waals surface area contributed by atoms with Gasteiger partial charge in [-0.1, -0.05) is 116 Å². The molecule has 0 aromatic heterocycles. The van der Waals surface area contributed by atoms with E-state index in [0.717, 1.165) is 25.1 Å². The maximum absolute atomic E-state index is 5.93. The van der Waals surface area contributed by atoms with Crippen molar-refractivity contribution >= 4 is 19.7 Å². The van der Waals surface area contributed by atoms with Crippen molar-refractivity contribution in [1.29, 1.82) is 0 Å². The van der Waals surface area contributed by atoms with Gasteiger partial charge in [-0.3, -0.25) is 0 Å². The van der Waals surface area contributed by atoms with Crippen molar-refractivity contribution in [2.45, 2.75) is 129 Å². The van der Waals surface area contributed by atoms with E-state index in [1.165, 1.54) is 102 Å². The lowest BCUT2D eigenvalue weighted by molar-refractivity contribution is 0.167. The molecule has 0 aliphatic heterocycles. The Morgan fingerprint density at radius 1 is 0.615 bits per heavy atom. The number of hydrogen-bond acceptors (Lipinski definition) is 1. The molecule has 0 unspecified atom stereocenters. The summed E-state index contributed by atoms with van der Waals surface area (Å²) < 4.78 is 5.93. The lowest BCUT2D eigenvalue weighted by Gasteiger charge is -2.21. The monoisotopic (exact) mass is 404 g/mol. The van der Waals surface area contributed by atoms with Crippen LogP contribution >= 0.6 is 11.6 Å². The van der Waals surface area contributed by atoms with Gasteiger partial charge in [0, 0.05) is 18.7 Å². The lowest BCUT2D eigenvalue weighted by Crippen LogP contribution is -2.32. The van der Waals surface area contributed by atoms with Crippen LogP contribution < -0.4 is 0 Å². The molecule has 0 saturated heterocycles. The third kappa shape index (κ3) is 20.8. The maximum Gasteiger partial charge on any atom is 0.0776 e. The Balaban J connectivity index is 3.13. The second-order valence-electron chi connectivity index (χ2n) is 8.96. The van der Waals surface area contributed by atoms with Crippen LogP contribution in [0.5, 0.6) is 0 Å². The van der Waals surface area contributed by atoms with Gasteiger partial charge >= 0.3 is 0 Å². The fourth-order valence-electron chi connectivity index (χ4n) is 3.54. The van der Waals surface area contributed by atoms with Gasteiger partial charge in [0.15, 0.2) is 0 Å². The molecule has 0 fully saturated rings. The van der Waals surface area contributed by atoms with E-state index in [9.17, 15) is 0 Å². The number of alkyl halides is 1. The van der Waals surface area contributed by atoms with E-state index in [4.69, 9.17) is 16.3 Å². The van der Waals surface area contributed by atoms with Crippen molar-refractivity contribution in [1.82, 2.24) is 0 Å². The molecule has 0 N–H and O–H groups in total. The Labute approximate surface area is 172 Å². The molecular weight excluding hydrogens is 356 g/mol. The molecule has 0 rings (SSSR count). The van der Waals surface area contributed by atoms with Crippen LogP contribution in [0, 0.1) is 0 Å². The van der Waals surface area contributed by atoms with Gasteiger partial charge in [-0.15, -0.1) is 11.6 Å². The van der Waals surface area contributed by atoms with Crippen molar-refractivity contribution in [3.05, 3.63) is 0 Å². The molecule has 0 saturated carbocycles. The Hall–Kier alpha value is 0.467. The predicted octanol–water partition coefficient (Wildman–Crippen LogP) is 8.75. The standard InChI is InChI=1S/C23H49ClOSi/c1-4-5-6-7-8-9-10-11-12-13-14-15-16-17-18-21-25-23-26(2,3)22-19-20-24/h4-23H2,1-3H3. The second-order valence-corrected chi connectivity index (χ2v) is 14.5. The molecule has 158 valence electrons. The predicted molar refractivity (Wildman–Crippen MR) is 123 cm³/mol. The summed E-state index contributed by atoms with van der Waals surface area (Å²) in [5.41, 5.74) is 0. The quantitative estimate of drug-likeness (QED) is 0.105. The number of hydrogen-bond donors (Lipinski definition) is 0. The zero-order chi connectivity index (χ0) is 19.3. The minimum Gasteiger partial charge on any atom is -0.385 e. The van der Waals surface area contributed by atoms with Crippen molar-refractivity contribution in [3.63, 3.8) is 0 Å². The number of halogens is 1. The zero-order valence-electron chi connectivity index (χ0n) is 18.4. The first-order chi connectivity index (χ1) is 12.6. The highest BCUT2D eigenvalue weighted by atomic mass is 35.5. The van der Waals surface area contributed by atoms with Crippen molar-refractivity contribution in [2.24, 2.45) is 0 Å². The van der Waals surface area contributed by atoms with Crippen LogP contribution in [0.4, 0.5) is 0 Å². The molecule has 0 amide bonds. The summed E-state index contributed by atoms with van der Waals surface area (Å²) in [4.78, 5) is 0. The van der Waals surface area contributed by atoms with Gasteiger partial charge in [0.1, 0.15) is 0 Å². The van der Waals surface area contributed by atoms with Crippen LogP contribution in [0.2, 0.25) is 19.1 Å². The fourth-order valence-corrected chi connectivity index (χ4v) is 5.87. The highest BCUT2D eigenvalue weighted by Crippen LogP contribution is 2.15. The summed E-state index contributed by atoms with van der Waals surface area (Å²) in [7, 11) is -1.14. The van der Waals surface area contributed by atoms with Crippen molar-refractivity contribution in [2.75, 3.05) is 18.7 Å². The lowest BCUT2D eigenvalue weighted by atomic mass is 10.0. The molecular formula is C23H49ClOSi. The highest BCUT2D eigenvalue weighted by molar-refractivity contribution is 6.77. The van der Waals surface area contributed by atoms with E-state index in [0.29, 0.717) is 0 Å². The van der Waals surface area contributed by atoms with Crippen LogP contribution in [-0.4, -0.2) is 26.8 Å². The first kappa shape index (κ1) is 26.5. The van der Waals surface area contributed by atoms with Gasteiger partial charge in [-0.2, -0.15) is 0 Å². The van der Waals surface area contributed by atoms with E-state index in [1.54, 1.807) is 0 Å². The van der Waals surface area contributed by atoms with Gasteiger partial charge < -0.3 is 4.74 Å². The molecule has 26 heavy (non-hydrogen) atoms. The summed E-state index contributed by atoms with van der Waals surface area (Å²) in [5.74, 6) is 0.801. The van der Waals surface area contributed by atoms with Crippen LogP contribution in [0.15, 0.2) is 0 Å². The summed E-state index contributed by atoms with van der Waals surface area (Å²) in [5, 5.41) is 0. The maximum atomic E-state index is 5.93. The van der Waals surface area contributed by atoms with Gasteiger partial charge in [0.25, 0.3) is 0 Å². The van der Waals surface area contributed by atoms with Gasteiger partial charge in [-0.05, 0) is 12.8 Å². The van der Waals surface area contributed by atoms with Crippen LogP contribution in [0.3, 0.4) is 0 Å². The van der Waals surface area contributed by atoms with Crippen LogP contribution in [-0.2, 0) is 4.74 Å². The first-order valence-electron chi connectivity index (χ1n) is 11.8. The van der Waals surface area contributed by atoms with Crippen LogP contribution in [0.1, 0.15) is 110 Å². The normalized spacial score (nSPS) is 12.0. The number of rotatable bonds is 21. The highest BCUT2D eigenvalue weighted by Gasteiger charge is 2.19. The largest absolute Gasteiger partial charge is 0.385 e. The SMILES string of the molecule is CCCCCCCCCCCCCCCCCOC[Si](C)(C)CCCCl. The van der Waals surface area contributed by atoms with E-state index in [-0.39, 0.29) is 0 Å². The molecule has 0 aromatic rings. The smallest absolute Gasteiger partial charge is 0.0776 e. The molecule has 0 bridgehead atoms. The molecule has 0 radical (unpaired) electrons. The minimum absolute atomic E-state index is 0.801. The molecule has 0 aliphatic carbocycles. The average Bonchev–Trinajstić information content (AvgIpc) is 2.62. The summed E-state index contributed by atoms with van der Waals surface area (Å²) in [6.45, 7) is 8.11. The molecule has 0 heterocycles. The summed E-state index contributed by atoms with van der Waals surface area (Å²) in [6, 6.07) is 1.30. The Kier molecular flexibility index (Phi) is 20.6. The van der Waals surface area contributed by atoms with Crippen LogP contribution in [0.25, 0.3) is 0 Å². The molecule has 0 atom stereocenters. The summed E-state index contributed by atoms with van der Waals surface area (Å²) in [6.07, 6.45) is 23.5. The topological polar surface area (TPSA) is 9.23 Å². The third-order valence-corrected chi connectivity index (χ3v) is 8.33. The second kappa shape index (κ2) is 20.2. The van der Waals surface area contributed by atoms with Gasteiger partial charge in [-0.25, -0.2) is 0 Å². The van der Waals surface area contributed by atoms with E-state index in [1.807, 2.05) is 0 Å². The van der Waals surface area contributed by atoms with Gasteiger partial charge in [0.05, 0.1) is 8.07 Å².